The zero-order chi connectivity index (χ0) is 35.6. The minimum absolute atomic E-state index is 0.0978. The number of hydrogen-bond acceptors (Lipinski definition) is 3. The fraction of sp³-hybridized carbons (Fsp3) is 0.400. The van der Waals surface area contributed by atoms with E-state index in [0.717, 1.165) is 25.7 Å². The van der Waals surface area contributed by atoms with Crippen LogP contribution in [0.2, 0.25) is 18.1 Å². The maximum absolute atomic E-state index is 7.95. The molecule has 2 rings (SSSR count). The molecular formula is C40H62O3Si4. The molecule has 7 heteroatoms. The second kappa shape index (κ2) is 16.8. The molecule has 4 atom stereocenters. The third-order valence-corrected chi connectivity index (χ3v) is 27.0. The fourth-order valence-electron chi connectivity index (χ4n) is 7.07. The summed E-state index contributed by atoms with van der Waals surface area (Å²) in [4.78, 5) is 0. The average molecular weight is 703 g/mol. The van der Waals surface area contributed by atoms with Gasteiger partial charge in [0.25, 0.3) is 16.6 Å². The summed E-state index contributed by atoms with van der Waals surface area (Å²) in [7, 11) is -10.8. The summed E-state index contributed by atoms with van der Waals surface area (Å²) in [5.41, 5.74) is 11.9. The van der Waals surface area contributed by atoms with Crippen molar-refractivity contribution in [1.29, 1.82) is 0 Å². The summed E-state index contributed by atoms with van der Waals surface area (Å²) in [5, 5.41) is 1.58. The largest absolute Gasteiger partial charge is 0.411 e. The molecule has 0 aromatic heterocycles. The minimum Gasteiger partial charge on any atom is -0.411 e. The van der Waals surface area contributed by atoms with Gasteiger partial charge < -0.3 is 13.3 Å². The molecule has 0 heterocycles. The van der Waals surface area contributed by atoms with Crippen LogP contribution in [0.4, 0.5) is 0 Å². The third-order valence-electron chi connectivity index (χ3n) is 11.0. The molecule has 0 saturated carbocycles. The molecule has 2 aromatic carbocycles. The highest BCUT2D eigenvalue weighted by atomic mass is 28.4. The highest BCUT2D eigenvalue weighted by molar-refractivity contribution is 7.01. The van der Waals surface area contributed by atoms with E-state index in [9.17, 15) is 0 Å². The van der Waals surface area contributed by atoms with Crippen LogP contribution in [-0.4, -0.2) is 50.1 Å². The fourth-order valence-corrected chi connectivity index (χ4v) is 21.3. The van der Waals surface area contributed by atoms with Gasteiger partial charge in [-0.25, -0.2) is 0 Å². The maximum atomic E-state index is 7.95. The molecule has 0 aliphatic heterocycles. The molecule has 0 fully saturated rings. The van der Waals surface area contributed by atoms with Crippen molar-refractivity contribution >= 4 is 43.4 Å². The molecule has 0 aliphatic carbocycles. The van der Waals surface area contributed by atoms with Crippen LogP contribution in [0.1, 0.15) is 67.2 Å². The first-order chi connectivity index (χ1) is 22.2. The maximum Gasteiger partial charge on any atom is 0.265 e. The molecule has 3 unspecified atom stereocenters. The smallest absolute Gasteiger partial charge is 0.265 e. The first kappa shape index (κ1) is 40.8. The van der Waals surface area contributed by atoms with Gasteiger partial charge in [0.1, 0.15) is 0 Å². The van der Waals surface area contributed by atoms with Crippen LogP contribution in [0.25, 0.3) is 0 Å². The van der Waals surface area contributed by atoms with E-state index in [-0.39, 0.29) is 16.9 Å². The second-order valence-corrected chi connectivity index (χ2v) is 28.7. The predicted octanol–water partition coefficient (Wildman–Crippen LogP) is 9.72. The first-order valence-corrected chi connectivity index (χ1v) is 26.5. The zero-order valence-electron chi connectivity index (χ0n) is 30.7. The van der Waals surface area contributed by atoms with E-state index in [4.69, 9.17) is 13.3 Å². The van der Waals surface area contributed by atoms with Gasteiger partial charge >= 0.3 is 0 Å². The Balaban J connectivity index is 3.00. The lowest BCUT2D eigenvalue weighted by Crippen LogP contribution is -2.74. The minimum atomic E-state index is -3.16. The number of benzene rings is 2. The highest BCUT2D eigenvalue weighted by Gasteiger charge is 2.61. The van der Waals surface area contributed by atoms with E-state index in [1.807, 2.05) is 17.1 Å². The number of rotatable bonds is 22. The van der Waals surface area contributed by atoms with E-state index in [1.54, 1.807) is 0 Å². The second-order valence-electron chi connectivity index (χ2n) is 13.5. The summed E-state index contributed by atoms with van der Waals surface area (Å²) in [6.07, 6.45) is 3.20. The Morgan fingerprint density at radius 1 is 0.638 bits per heavy atom. The topological polar surface area (TPSA) is 27.7 Å². The van der Waals surface area contributed by atoms with Crippen molar-refractivity contribution < 1.29 is 13.3 Å². The Labute approximate surface area is 292 Å². The van der Waals surface area contributed by atoms with Crippen LogP contribution in [0.3, 0.4) is 0 Å². The summed E-state index contributed by atoms with van der Waals surface area (Å²) in [6.45, 7) is 43.4. The molecule has 0 saturated heterocycles. The molecular weight excluding hydrogens is 641 g/mol. The van der Waals surface area contributed by atoms with Gasteiger partial charge in [0.15, 0.2) is 8.07 Å². The van der Waals surface area contributed by atoms with Crippen LogP contribution in [-0.2, 0) is 13.3 Å². The lowest BCUT2D eigenvalue weighted by atomic mass is 9.98. The Bertz CT molecular complexity index is 1270. The van der Waals surface area contributed by atoms with Crippen molar-refractivity contribution in [3.8, 4) is 0 Å². The Kier molecular flexibility index (Phi) is 14.6. The van der Waals surface area contributed by atoms with Gasteiger partial charge in [-0.05, 0) is 56.1 Å². The van der Waals surface area contributed by atoms with E-state index < -0.39 is 38.3 Å². The molecule has 0 spiro atoms. The summed E-state index contributed by atoms with van der Waals surface area (Å²) in [5.74, 6) is 0. The van der Waals surface area contributed by atoms with E-state index in [0.29, 0.717) is 0 Å². The van der Waals surface area contributed by atoms with Crippen molar-refractivity contribution in [3.63, 3.8) is 0 Å². The molecule has 0 aliphatic rings. The van der Waals surface area contributed by atoms with Gasteiger partial charge in [0.2, 0.25) is 8.32 Å². The van der Waals surface area contributed by atoms with Gasteiger partial charge in [-0.3, -0.25) is 0 Å². The molecule has 0 amide bonds. The standard InChI is InChI=1S/C40H62O3Si4/c1-15-37(41-44(13,14)40(12,18-4)43-46(22-8,23-9)24-10)39(11,17-3)47(35-31-27-25-28-32-35,36-33-29-26-30-34-36)42-38(16-2)45(19-5,20-6)21-7/h19-34,37-38H,5-10,15-18H2,1-4,11-14H3/t37-,38?,39?,40?/m0/s1. The van der Waals surface area contributed by atoms with Gasteiger partial charge in [-0.2, -0.15) is 0 Å². The van der Waals surface area contributed by atoms with Gasteiger partial charge in [-0.1, -0.05) is 129 Å². The van der Waals surface area contributed by atoms with Crippen LogP contribution in [0.15, 0.2) is 134 Å². The van der Waals surface area contributed by atoms with Crippen LogP contribution in [0, 0.1) is 0 Å². The molecule has 47 heavy (non-hydrogen) atoms. The van der Waals surface area contributed by atoms with Crippen molar-refractivity contribution in [1.82, 2.24) is 0 Å². The Morgan fingerprint density at radius 3 is 1.40 bits per heavy atom. The van der Waals surface area contributed by atoms with E-state index in [1.165, 1.54) is 10.4 Å². The zero-order valence-corrected chi connectivity index (χ0v) is 34.7. The van der Waals surface area contributed by atoms with Gasteiger partial charge in [0, 0.05) is 10.8 Å². The summed E-state index contributed by atoms with van der Waals surface area (Å²) in [6, 6.07) is 21.8. The molecule has 2 aromatic rings. The van der Waals surface area contributed by atoms with E-state index in [2.05, 4.69) is 172 Å². The van der Waals surface area contributed by atoms with Crippen molar-refractivity contribution in [2.45, 2.75) is 102 Å². The SMILES string of the molecule is C=C[Si](C=C)(C=C)OC(C)(CC)[Si](C)(C)O[C@@H](CC)C(C)(CC)[Si](OC(CC)[Si](C=C)(C=C)C=C)(c1ccccc1)c1ccccc1. The van der Waals surface area contributed by atoms with Gasteiger partial charge in [-0.15, -0.1) is 39.5 Å². The van der Waals surface area contributed by atoms with Crippen LogP contribution >= 0.6 is 0 Å². The number of hydrogen-bond donors (Lipinski definition) is 0. The normalized spacial score (nSPS) is 16.5. The summed E-state index contributed by atoms with van der Waals surface area (Å²) < 4.78 is 22.7. The van der Waals surface area contributed by atoms with Crippen LogP contribution in [0.5, 0.6) is 0 Å². The average Bonchev–Trinajstić information content (AvgIpc) is 3.12. The molecule has 0 bridgehead atoms. The van der Waals surface area contributed by atoms with Crippen molar-refractivity contribution in [2.24, 2.45) is 0 Å². The molecule has 3 nitrogen and oxygen atoms in total. The molecule has 0 N–H and O–H groups in total. The molecule has 256 valence electrons. The predicted molar refractivity (Wildman–Crippen MR) is 217 cm³/mol. The molecule has 0 radical (unpaired) electrons. The van der Waals surface area contributed by atoms with Crippen molar-refractivity contribution in [2.75, 3.05) is 0 Å². The Hall–Kier alpha value is -2.37. The van der Waals surface area contributed by atoms with Crippen molar-refractivity contribution in [3.05, 3.63) is 134 Å². The first-order valence-electron chi connectivity index (χ1n) is 17.2. The van der Waals surface area contributed by atoms with E-state index >= 15 is 0 Å². The Morgan fingerprint density at radius 2 is 1.09 bits per heavy atom. The third kappa shape index (κ3) is 7.62. The lowest BCUT2D eigenvalue weighted by molar-refractivity contribution is 0.0681. The highest BCUT2D eigenvalue weighted by Crippen LogP contribution is 2.50. The van der Waals surface area contributed by atoms with Gasteiger partial charge in [0.05, 0.1) is 11.3 Å². The van der Waals surface area contributed by atoms with Crippen LogP contribution < -0.4 is 10.4 Å². The monoisotopic (exact) mass is 702 g/mol. The summed E-state index contributed by atoms with van der Waals surface area (Å²) >= 11 is 0. The lowest BCUT2D eigenvalue weighted by Gasteiger charge is -2.55. The quantitative estimate of drug-likeness (QED) is 0.114.